The molecule has 0 amide bonds. The third-order valence-electron chi connectivity index (χ3n) is 7.20. The van der Waals surface area contributed by atoms with Gasteiger partial charge in [0.25, 0.3) is 0 Å². The Morgan fingerprint density at radius 3 is 2.04 bits per heavy atom. The van der Waals surface area contributed by atoms with Crippen molar-refractivity contribution in [2.45, 2.75) is 96.8 Å². The summed E-state index contributed by atoms with van der Waals surface area (Å²) >= 11 is 0. The molecule has 0 aliphatic heterocycles. The van der Waals surface area contributed by atoms with E-state index in [1.54, 1.807) is 6.07 Å². The standard InChI is InChI=1S/C24H35F3O/c1-3-5-17-6-8-19(9-7-17)20-10-12-21(13-11-20)23-16-22(28-24(25,26)27)15-14-18(23)4-2/h14-17,19-21H,3-13H2,1-2H3. The van der Waals surface area contributed by atoms with Crippen LogP contribution in [0.3, 0.4) is 0 Å². The third kappa shape index (κ3) is 5.67. The van der Waals surface area contributed by atoms with Gasteiger partial charge in [0.15, 0.2) is 0 Å². The van der Waals surface area contributed by atoms with Crippen LogP contribution in [-0.2, 0) is 6.42 Å². The molecule has 0 N–H and O–H groups in total. The van der Waals surface area contributed by atoms with Crippen LogP contribution in [-0.4, -0.2) is 6.36 Å². The van der Waals surface area contributed by atoms with E-state index in [0.29, 0.717) is 5.92 Å². The minimum atomic E-state index is -4.63. The summed E-state index contributed by atoms with van der Waals surface area (Å²) in [7, 11) is 0. The van der Waals surface area contributed by atoms with Gasteiger partial charge in [-0.1, -0.05) is 45.6 Å². The first-order valence-electron chi connectivity index (χ1n) is 11.3. The van der Waals surface area contributed by atoms with Gasteiger partial charge in [-0.25, -0.2) is 0 Å². The fraction of sp³-hybridized carbons (Fsp3) is 0.750. The lowest BCUT2D eigenvalue weighted by molar-refractivity contribution is -0.274. The van der Waals surface area contributed by atoms with E-state index >= 15 is 0 Å². The summed E-state index contributed by atoms with van der Waals surface area (Å²) in [5.41, 5.74) is 2.24. The van der Waals surface area contributed by atoms with Crippen LogP contribution in [0.5, 0.6) is 5.75 Å². The first-order chi connectivity index (χ1) is 13.4. The van der Waals surface area contributed by atoms with Crippen LogP contribution in [0.15, 0.2) is 18.2 Å². The van der Waals surface area contributed by atoms with E-state index in [1.165, 1.54) is 57.4 Å². The number of halogens is 3. The van der Waals surface area contributed by atoms with Crippen LogP contribution in [0.2, 0.25) is 0 Å². The summed E-state index contributed by atoms with van der Waals surface area (Å²) in [5, 5.41) is 0. The number of aryl methyl sites for hydroxylation is 1. The van der Waals surface area contributed by atoms with Crippen LogP contribution in [0.1, 0.15) is 95.1 Å². The quantitative estimate of drug-likeness (QED) is 0.473. The second kappa shape index (κ2) is 9.54. The Bertz CT molecular complexity index is 609. The summed E-state index contributed by atoms with van der Waals surface area (Å²) in [6.45, 7) is 4.36. The van der Waals surface area contributed by atoms with E-state index < -0.39 is 6.36 Å². The zero-order valence-corrected chi connectivity index (χ0v) is 17.4. The van der Waals surface area contributed by atoms with Gasteiger partial charge < -0.3 is 4.74 Å². The number of hydrogen-bond acceptors (Lipinski definition) is 1. The summed E-state index contributed by atoms with van der Waals surface area (Å²) in [6, 6.07) is 4.92. The minimum absolute atomic E-state index is 0.0731. The molecular formula is C24H35F3O. The van der Waals surface area contributed by atoms with Crippen molar-refractivity contribution in [1.82, 2.24) is 0 Å². The highest BCUT2D eigenvalue weighted by atomic mass is 19.4. The molecule has 1 nitrogen and oxygen atoms in total. The monoisotopic (exact) mass is 396 g/mol. The Morgan fingerprint density at radius 2 is 1.50 bits per heavy atom. The molecule has 1 aromatic rings. The highest BCUT2D eigenvalue weighted by Crippen LogP contribution is 2.45. The lowest BCUT2D eigenvalue weighted by atomic mass is 9.67. The van der Waals surface area contributed by atoms with Crippen molar-refractivity contribution in [1.29, 1.82) is 0 Å². The maximum Gasteiger partial charge on any atom is 0.573 e. The predicted octanol–water partition coefficient (Wildman–Crippen LogP) is 8.03. The molecule has 0 heterocycles. The van der Waals surface area contributed by atoms with Crippen LogP contribution in [0, 0.1) is 17.8 Å². The number of rotatable bonds is 6. The average molecular weight is 397 g/mol. The van der Waals surface area contributed by atoms with Crippen molar-refractivity contribution >= 4 is 0 Å². The molecule has 0 spiro atoms. The Balaban J connectivity index is 1.59. The molecule has 3 rings (SSSR count). The first kappa shape index (κ1) is 21.5. The van der Waals surface area contributed by atoms with Gasteiger partial charge in [-0.2, -0.15) is 0 Å². The van der Waals surface area contributed by atoms with E-state index in [4.69, 9.17) is 0 Å². The molecule has 0 radical (unpaired) electrons. The topological polar surface area (TPSA) is 9.23 Å². The van der Waals surface area contributed by atoms with Gasteiger partial charge in [-0.3, -0.25) is 0 Å². The van der Waals surface area contributed by atoms with Crippen LogP contribution >= 0.6 is 0 Å². The van der Waals surface area contributed by atoms with Crippen molar-refractivity contribution in [2.24, 2.45) is 17.8 Å². The van der Waals surface area contributed by atoms with Crippen molar-refractivity contribution in [3.8, 4) is 5.75 Å². The molecule has 0 atom stereocenters. The fourth-order valence-electron chi connectivity index (χ4n) is 5.73. The van der Waals surface area contributed by atoms with Gasteiger partial charge in [0, 0.05) is 0 Å². The Labute approximate surface area is 168 Å². The largest absolute Gasteiger partial charge is 0.573 e. The van der Waals surface area contributed by atoms with Gasteiger partial charge >= 0.3 is 6.36 Å². The second-order valence-electron chi connectivity index (χ2n) is 8.94. The van der Waals surface area contributed by atoms with Gasteiger partial charge in [-0.15, -0.1) is 13.2 Å². The maximum absolute atomic E-state index is 12.6. The van der Waals surface area contributed by atoms with Crippen molar-refractivity contribution in [2.75, 3.05) is 0 Å². The van der Waals surface area contributed by atoms with Crippen LogP contribution in [0.25, 0.3) is 0 Å². The summed E-state index contributed by atoms with van der Waals surface area (Å²) in [6.07, 6.45) is 9.12. The van der Waals surface area contributed by atoms with E-state index in [1.807, 2.05) is 6.07 Å². The molecule has 0 saturated heterocycles. The minimum Gasteiger partial charge on any atom is -0.406 e. The third-order valence-corrected chi connectivity index (χ3v) is 7.20. The highest BCUT2D eigenvalue weighted by molar-refractivity contribution is 5.38. The summed E-state index contributed by atoms with van der Waals surface area (Å²) in [4.78, 5) is 0. The van der Waals surface area contributed by atoms with Crippen molar-refractivity contribution < 1.29 is 17.9 Å². The van der Waals surface area contributed by atoms with E-state index in [-0.39, 0.29) is 5.75 Å². The molecule has 0 unspecified atom stereocenters. The van der Waals surface area contributed by atoms with Crippen LogP contribution in [0.4, 0.5) is 13.2 Å². The highest BCUT2D eigenvalue weighted by Gasteiger charge is 2.33. The lowest BCUT2D eigenvalue weighted by Gasteiger charge is -2.38. The predicted molar refractivity (Wildman–Crippen MR) is 108 cm³/mol. The molecule has 2 aliphatic rings. The summed E-state index contributed by atoms with van der Waals surface area (Å²) in [5.74, 6) is 2.94. The van der Waals surface area contributed by atoms with Crippen LogP contribution < -0.4 is 4.74 Å². The maximum atomic E-state index is 12.6. The van der Waals surface area contributed by atoms with Crippen molar-refractivity contribution in [3.63, 3.8) is 0 Å². The molecular weight excluding hydrogens is 361 g/mol. The Kier molecular flexibility index (Phi) is 7.33. The smallest absolute Gasteiger partial charge is 0.406 e. The van der Waals surface area contributed by atoms with Gasteiger partial charge in [0.2, 0.25) is 0 Å². The average Bonchev–Trinajstić information content (AvgIpc) is 2.68. The second-order valence-corrected chi connectivity index (χ2v) is 8.94. The normalized spacial score (nSPS) is 28.9. The molecule has 1 aromatic carbocycles. The lowest BCUT2D eigenvalue weighted by Crippen LogP contribution is -2.25. The van der Waals surface area contributed by atoms with Gasteiger partial charge in [-0.05, 0) is 91.9 Å². The number of ether oxygens (including phenoxy) is 1. The zero-order chi connectivity index (χ0) is 20.1. The molecule has 2 aliphatic carbocycles. The molecule has 2 saturated carbocycles. The van der Waals surface area contributed by atoms with Crippen molar-refractivity contribution in [3.05, 3.63) is 29.3 Å². The van der Waals surface area contributed by atoms with E-state index in [2.05, 4.69) is 18.6 Å². The van der Waals surface area contributed by atoms with E-state index in [0.717, 1.165) is 48.1 Å². The molecule has 0 aromatic heterocycles. The Hall–Kier alpha value is -1.19. The van der Waals surface area contributed by atoms with Gasteiger partial charge in [0.1, 0.15) is 5.75 Å². The SMILES string of the molecule is CCCC1CCC(C2CCC(c3cc(OC(F)(F)F)ccc3CC)CC2)CC1. The number of alkyl halides is 3. The first-order valence-corrected chi connectivity index (χ1v) is 11.3. The molecule has 158 valence electrons. The number of hydrogen-bond donors (Lipinski definition) is 0. The fourth-order valence-corrected chi connectivity index (χ4v) is 5.73. The summed E-state index contributed by atoms with van der Waals surface area (Å²) < 4.78 is 42.0. The molecule has 0 bridgehead atoms. The number of benzene rings is 1. The zero-order valence-electron chi connectivity index (χ0n) is 17.4. The van der Waals surface area contributed by atoms with Gasteiger partial charge in [0.05, 0.1) is 0 Å². The Morgan fingerprint density at radius 1 is 0.893 bits per heavy atom. The van der Waals surface area contributed by atoms with E-state index in [9.17, 15) is 13.2 Å². The molecule has 4 heteroatoms. The molecule has 28 heavy (non-hydrogen) atoms. The molecule has 2 fully saturated rings.